The zero-order valence-corrected chi connectivity index (χ0v) is 16.8. The van der Waals surface area contributed by atoms with Gasteiger partial charge < -0.3 is 15.1 Å². The van der Waals surface area contributed by atoms with Crippen LogP contribution >= 0.6 is 11.6 Å². The number of para-hydroxylation sites is 1. The van der Waals surface area contributed by atoms with Crippen LogP contribution in [0.15, 0.2) is 64.9 Å². The number of aliphatic imine (C=N–C) groups is 1. The smallest absolute Gasteiger partial charge is 0.138 e. The number of fused-ring (bicyclic) bond motifs is 1. The van der Waals surface area contributed by atoms with Crippen molar-refractivity contribution in [3.8, 4) is 0 Å². The summed E-state index contributed by atoms with van der Waals surface area (Å²) < 4.78 is 0. The average molecular weight is 373 g/mol. The SMILES string of the molecule is C/C=C/Cl.C=C1Nc2ccccc2C(N2CCN(C)CC2)=N/C1=C/CC. The zero-order chi connectivity index (χ0) is 18.9. The number of rotatable bonds is 1. The van der Waals surface area contributed by atoms with Crippen LogP contribution in [-0.4, -0.2) is 48.9 Å². The van der Waals surface area contributed by atoms with Crippen molar-refractivity contribution in [1.82, 2.24) is 9.80 Å². The van der Waals surface area contributed by atoms with Crippen LogP contribution in [0.5, 0.6) is 0 Å². The first kappa shape index (κ1) is 20.3. The molecular weight excluding hydrogens is 344 g/mol. The summed E-state index contributed by atoms with van der Waals surface area (Å²) in [5, 5.41) is 3.42. The predicted molar refractivity (Wildman–Crippen MR) is 114 cm³/mol. The lowest BCUT2D eigenvalue weighted by Gasteiger charge is -2.34. The third-order valence-corrected chi connectivity index (χ3v) is 4.57. The number of benzodiazepines with no additional fused rings is 1. The van der Waals surface area contributed by atoms with Crippen LogP contribution in [0.4, 0.5) is 5.69 Å². The maximum Gasteiger partial charge on any atom is 0.138 e. The van der Waals surface area contributed by atoms with Gasteiger partial charge in [0.25, 0.3) is 0 Å². The highest BCUT2D eigenvalue weighted by molar-refractivity contribution is 6.25. The van der Waals surface area contributed by atoms with E-state index < -0.39 is 0 Å². The van der Waals surface area contributed by atoms with Crippen molar-refractivity contribution in [1.29, 1.82) is 0 Å². The van der Waals surface area contributed by atoms with Gasteiger partial charge in [0.05, 0.1) is 11.4 Å². The Morgan fingerprint density at radius 1 is 1.23 bits per heavy atom. The van der Waals surface area contributed by atoms with Gasteiger partial charge in [-0.1, -0.05) is 49.4 Å². The Kier molecular flexibility index (Phi) is 7.95. The van der Waals surface area contributed by atoms with Gasteiger partial charge in [-0.3, -0.25) is 0 Å². The van der Waals surface area contributed by atoms with E-state index in [4.69, 9.17) is 16.6 Å². The molecule has 2 heterocycles. The van der Waals surface area contributed by atoms with Gasteiger partial charge in [0.1, 0.15) is 5.84 Å². The molecule has 1 N–H and O–H groups in total. The topological polar surface area (TPSA) is 30.9 Å². The Labute approximate surface area is 162 Å². The van der Waals surface area contributed by atoms with Gasteiger partial charge in [-0.05, 0) is 38.1 Å². The molecule has 1 saturated heterocycles. The summed E-state index contributed by atoms with van der Waals surface area (Å²) in [4.78, 5) is 9.71. The van der Waals surface area contributed by atoms with E-state index in [0.29, 0.717) is 0 Å². The Balaban J connectivity index is 0.000000552. The van der Waals surface area contributed by atoms with Gasteiger partial charge in [-0.2, -0.15) is 0 Å². The van der Waals surface area contributed by atoms with Gasteiger partial charge >= 0.3 is 0 Å². The minimum absolute atomic E-state index is 0.874. The standard InChI is InChI=1S/C18H24N4.C3H5Cl/c1-4-7-16-14(2)19-17-9-6-5-8-15(17)18(20-16)22-12-10-21(3)11-13-22;1-2-3-4/h5-9,19H,2,4,10-13H2,1,3H3;2-3H,1H3/b16-7+;3-2+. The molecule has 1 aromatic rings. The van der Waals surface area contributed by atoms with E-state index in [1.807, 2.05) is 6.92 Å². The first-order chi connectivity index (χ1) is 12.6. The van der Waals surface area contributed by atoms with E-state index in [1.165, 1.54) is 5.54 Å². The maximum absolute atomic E-state index is 5.01. The first-order valence-electron chi connectivity index (χ1n) is 9.10. The summed E-state index contributed by atoms with van der Waals surface area (Å²) in [6.45, 7) is 12.3. The minimum Gasteiger partial charge on any atom is -0.354 e. The number of halogens is 1. The quantitative estimate of drug-likeness (QED) is 0.776. The molecule has 1 fully saturated rings. The molecule has 0 saturated carbocycles. The lowest BCUT2D eigenvalue weighted by molar-refractivity contribution is 0.216. The van der Waals surface area contributed by atoms with Crippen molar-refractivity contribution in [2.45, 2.75) is 20.3 Å². The molecule has 0 amide bonds. The van der Waals surface area contributed by atoms with E-state index in [2.05, 4.69) is 66.0 Å². The van der Waals surface area contributed by atoms with Crippen molar-refractivity contribution < 1.29 is 0 Å². The molecule has 0 aromatic heterocycles. The fourth-order valence-corrected chi connectivity index (χ4v) is 2.88. The van der Waals surface area contributed by atoms with Crippen LogP contribution in [0.1, 0.15) is 25.8 Å². The number of likely N-dealkylation sites (N-methyl/N-ethyl adjacent to an activating group) is 1. The van der Waals surface area contributed by atoms with Crippen LogP contribution in [0.3, 0.4) is 0 Å². The number of amidine groups is 1. The minimum atomic E-state index is 0.874. The van der Waals surface area contributed by atoms with Gasteiger partial charge in [0.15, 0.2) is 0 Å². The number of piperazine rings is 1. The third kappa shape index (κ3) is 5.23. The fourth-order valence-electron chi connectivity index (χ4n) is 2.88. The highest BCUT2D eigenvalue weighted by Gasteiger charge is 2.23. The van der Waals surface area contributed by atoms with Gasteiger partial charge in [-0.25, -0.2) is 4.99 Å². The fraction of sp³-hybridized carbons (Fsp3) is 0.381. The van der Waals surface area contributed by atoms with Crippen molar-refractivity contribution in [2.24, 2.45) is 4.99 Å². The molecule has 0 bridgehead atoms. The molecule has 0 spiro atoms. The Morgan fingerprint density at radius 3 is 2.50 bits per heavy atom. The number of hydrogen-bond acceptors (Lipinski definition) is 4. The van der Waals surface area contributed by atoms with E-state index in [9.17, 15) is 0 Å². The molecule has 0 aliphatic carbocycles. The first-order valence-corrected chi connectivity index (χ1v) is 9.53. The molecule has 3 rings (SSSR count). The number of allylic oxidation sites excluding steroid dienone is 2. The highest BCUT2D eigenvalue weighted by atomic mass is 35.5. The molecule has 2 aliphatic heterocycles. The summed E-state index contributed by atoms with van der Waals surface area (Å²) in [6, 6.07) is 8.36. The summed E-state index contributed by atoms with van der Waals surface area (Å²) in [6.07, 6.45) is 4.85. The van der Waals surface area contributed by atoms with Crippen molar-refractivity contribution in [3.63, 3.8) is 0 Å². The van der Waals surface area contributed by atoms with E-state index in [-0.39, 0.29) is 0 Å². The normalized spacial score (nSPS) is 19.4. The average Bonchev–Trinajstić information content (AvgIpc) is 2.80. The van der Waals surface area contributed by atoms with E-state index in [1.54, 1.807) is 6.08 Å². The van der Waals surface area contributed by atoms with Crippen molar-refractivity contribution in [3.05, 3.63) is 65.5 Å². The summed E-state index contributed by atoms with van der Waals surface area (Å²) in [5.74, 6) is 1.06. The monoisotopic (exact) mass is 372 g/mol. The molecule has 5 heteroatoms. The Bertz CT molecular complexity index is 694. The number of hydrogen-bond donors (Lipinski definition) is 1. The molecule has 0 radical (unpaired) electrons. The molecule has 26 heavy (non-hydrogen) atoms. The second-order valence-corrected chi connectivity index (χ2v) is 6.58. The largest absolute Gasteiger partial charge is 0.354 e. The second-order valence-electron chi connectivity index (χ2n) is 6.33. The molecule has 1 aromatic carbocycles. The van der Waals surface area contributed by atoms with E-state index >= 15 is 0 Å². The summed E-state index contributed by atoms with van der Waals surface area (Å²) >= 11 is 5.01. The van der Waals surface area contributed by atoms with Crippen LogP contribution in [0.2, 0.25) is 0 Å². The number of nitrogens with zero attached hydrogens (tertiary/aromatic N) is 3. The Hall–Kier alpha value is -2.04. The van der Waals surface area contributed by atoms with Gasteiger partial charge in [0, 0.05) is 37.4 Å². The van der Waals surface area contributed by atoms with Crippen molar-refractivity contribution >= 4 is 23.1 Å². The van der Waals surface area contributed by atoms with E-state index in [0.717, 1.165) is 61.1 Å². The summed E-state index contributed by atoms with van der Waals surface area (Å²) in [7, 11) is 2.17. The van der Waals surface area contributed by atoms with Crippen molar-refractivity contribution in [2.75, 3.05) is 38.5 Å². The van der Waals surface area contributed by atoms with Crippen LogP contribution in [-0.2, 0) is 0 Å². The molecule has 0 atom stereocenters. The molecular formula is C21H29ClN4. The number of nitrogens with one attached hydrogen (secondary N) is 1. The number of benzene rings is 1. The zero-order valence-electron chi connectivity index (χ0n) is 16.0. The second kappa shape index (κ2) is 10.2. The maximum atomic E-state index is 5.01. The lowest BCUT2D eigenvalue weighted by Crippen LogP contribution is -2.47. The molecule has 4 nitrogen and oxygen atoms in total. The predicted octanol–water partition coefficient (Wildman–Crippen LogP) is 4.67. The van der Waals surface area contributed by atoms with Crippen LogP contribution in [0.25, 0.3) is 0 Å². The van der Waals surface area contributed by atoms with Gasteiger partial charge in [0.2, 0.25) is 0 Å². The van der Waals surface area contributed by atoms with Gasteiger partial charge in [-0.15, -0.1) is 0 Å². The molecule has 140 valence electrons. The molecule has 2 aliphatic rings. The number of anilines is 1. The lowest BCUT2D eigenvalue weighted by atomic mass is 10.1. The third-order valence-electron chi connectivity index (χ3n) is 4.32. The van der Waals surface area contributed by atoms with Crippen LogP contribution in [0, 0.1) is 0 Å². The highest BCUT2D eigenvalue weighted by Crippen LogP contribution is 2.27. The molecule has 0 unspecified atom stereocenters. The van der Waals surface area contributed by atoms with Crippen LogP contribution < -0.4 is 5.32 Å². The summed E-state index contributed by atoms with van der Waals surface area (Å²) in [5.41, 5.74) is 5.54. The Morgan fingerprint density at radius 2 is 1.88 bits per heavy atom.